The Labute approximate surface area is 114 Å². The Morgan fingerprint density at radius 1 is 1.32 bits per heavy atom. The van der Waals surface area contributed by atoms with Gasteiger partial charge in [0.15, 0.2) is 0 Å². The number of carboxylic acids is 1. The predicted molar refractivity (Wildman–Crippen MR) is 71.8 cm³/mol. The monoisotopic (exact) mass is 271 g/mol. The van der Waals surface area contributed by atoms with Crippen molar-refractivity contribution in [3.05, 3.63) is 0 Å². The second-order valence-corrected chi connectivity index (χ2v) is 5.52. The van der Waals surface area contributed by atoms with Gasteiger partial charge in [0, 0.05) is 26.2 Å². The molecule has 19 heavy (non-hydrogen) atoms. The normalized spacial score (nSPS) is 25.4. The summed E-state index contributed by atoms with van der Waals surface area (Å²) in [6.07, 6.45) is 4.79. The molecule has 0 aromatic rings. The average Bonchev–Trinajstić information content (AvgIpc) is 2.54. The lowest BCUT2D eigenvalue weighted by atomic mass is 9.94. The van der Waals surface area contributed by atoms with E-state index in [1.54, 1.807) is 7.11 Å². The summed E-state index contributed by atoms with van der Waals surface area (Å²) in [5.41, 5.74) is 0. The molecule has 0 aromatic heterocycles. The molecule has 2 N–H and O–H groups in total. The number of carbonyl (C=O) groups is 2. The zero-order chi connectivity index (χ0) is 14.3. The maximum absolute atomic E-state index is 11.9. The zero-order valence-electron chi connectivity index (χ0n) is 11.9. The maximum atomic E-state index is 11.9. The zero-order valence-corrected chi connectivity index (χ0v) is 11.9. The van der Waals surface area contributed by atoms with Crippen LogP contribution in [-0.4, -0.2) is 36.7 Å². The molecule has 1 saturated carbocycles. The second-order valence-electron chi connectivity index (χ2n) is 5.52. The Hall–Kier alpha value is -1.10. The Morgan fingerprint density at radius 3 is 2.63 bits per heavy atom. The third-order valence-corrected chi connectivity index (χ3v) is 3.66. The number of aliphatic carboxylic acids is 1. The first-order valence-electron chi connectivity index (χ1n) is 7.05. The van der Waals surface area contributed by atoms with Crippen molar-refractivity contribution in [1.29, 1.82) is 0 Å². The van der Waals surface area contributed by atoms with Crippen LogP contribution >= 0.6 is 0 Å². The number of amides is 1. The van der Waals surface area contributed by atoms with Crippen molar-refractivity contribution >= 4 is 11.9 Å². The topological polar surface area (TPSA) is 75.6 Å². The molecule has 0 bridgehead atoms. The van der Waals surface area contributed by atoms with Crippen molar-refractivity contribution in [1.82, 2.24) is 5.32 Å². The van der Waals surface area contributed by atoms with Crippen LogP contribution in [0.4, 0.5) is 0 Å². The highest BCUT2D eigenvalue weighted by atomic mass is 16.5. The molecule has 0 spiro atoms. The van der Waals surface area contributed by atoms with Crippen LogP contribution in [0.15, 0.2) is 0 Å². The summed E-state index contributed by atoms with van der Waals surface area (Å²) in [7, 11) is 1.61. The highest BCUT2D eigenvalue weighted by Gasteiger charge is 2.30. The number of nitrogens with one attached hydrogen (secondary N) is 1. The van der Waals surface area contributed by atoms with Gasteiger partial charge in [0.1, 0.15) is 0 Å². The summed E-state index contributed by atoms with van der Waals surface area (Å²) in [5, 5.41) is 12.1. The first-order chi connectivity index (χ1) is 9.04. The third kappa shape index (κ3) is 5.59. The van der Waals surface area contributed by atoms with Crippen LogP contribution in [0.25, 0.3) is 0 Å². The standard InChI is InChI=1S/C14H25NO4/c1-10(9-19-2)8-13(16)15-12-7-5-3-4-6-11(12)14(17)18/h10-12H,3-9H2,1-2H3,(H,15,16)(H,17,18). The molecule has 1 rings (SSSR count). The first kappa shape index (κ1) is 16.0. The van der Waals surface area contributed by atoms with E-state index in [0.29, 0.717) is 19.4 Å². The van der Waals surface area contributed by atoms with E-state index in [1.165, 1.54) is 0 Å². The Bertz CT molecular complexity index is 306. The van der Waals surface area contributed by atoms with E-state index in [0.717, 1.165) is 25.7 Å². The van der Waals surface area contributed by atoms with Gasteiger partial charge in [0.25, 0.3) is 0 Å². The number of ether oxygens (including phenoxy) is 1. The lowest BCUT2D eigenvalue weighted by molar-refractivity contribution is -0.143. The van der Waals surface area contributed by atoms with E-state index >= 15 is 0 Å². The van der Waals surface area contributed by atoms with Crippen LogP contribution in [0, 0.1) is 11.8 Å². The molecule has 0 aliphatic heterocycles. The molecule has 0 radical (unpaired) electrons. The van der Waals surface area contributed by atoms with Gasteiger partial charge < -0.3 is 15.2 Å². The van der Waals surface area contributed by atoms with Gasteiger partial charge in [-0.3, -0.25) is 9.59 Å². The van der Waals surface area contributed by atoms with E-state index in [-0.39, 0.29) is 17.9 Å². The summed E-state index contributed by atoms with van der Waals surface area (Å²) in [6, 6.07) is -0.220. The van der Waals surface area contributed by atoms with Gasteiger partial charge in [-0.15, -0.1) is 0 Å². The van der Waals surface area contributed by atoms with E-state index in [2.05, 4.69) is 5.32 Å². The van der Waals surface area contributed by atoms with E-state index in [9.17, 15) is 14.7 Å². The first-order valence-corrected chi connectivity index (χ1v) is 7.05. The van der Waals surface area contributed by atoms with Crippen LogP contribution < -0.4 is 5.32 Å². The molecule has 110 valence electrons. The van der Waals surface area contributed by atoms with Gasteiger partial charge in [0.05, 0.1) is 5.92 Å². The minimum absolute atomic E-state index is 0.0669. The fourth-order valence-electron chi connectivity index (χ4n) is 2.70. The molecule has 1 amide bonds. The third-order valence-electron chi connectivity index (χ3n) is 3.66. The quantitative estimate of drug-likeness (QED) is 0.722. The minimum Gasteiger partial charge on any atom is -0.481 e. The van der Waals surface area contributed by atoms with Crippen LogP contribution in [0.2, 0.25) is 0 Å². The van der Waals surface area contributed by atoms with Crippen molar-refractivity contribution in [2.45, 2.75) is 51.5 Å². The van der Waals surface area contributed by atoms with Gasteiger partial charge in [-0.2, -0.15) is 0 Å². The molecule has 0 aromatic carbocycles. The van der Waals surface area contributed by atoms with Crippen LogP contribution in [0.1, 0.15) is 45.4 Å². The summed E-state index contributed by atoms with van der Waals surface area (Å²) < 4.78 is 5.00. The molecule has 0 saturated heterocycles. The summed E-state index contributed by atoms with van der Waals surface area (Å²) in [4.78, 5) is 23.2. The summed E-state index contributed by atoms with van der Waals surface area (Å²) in [5.74, 6) is -1.15. The average molecular weight is 271 g/mol. The largest absolute Gasteiger partial charge is 0.481 e. The van der Waals surface area contributed by atoms with Crippen LogP contribution in [-0.2, 0) is 14.3 Å². The van der Waals surface area contributed by atoms with Gasteiger partial charge in [0.2, 0.25) is 5.91 Å². The molecule has 3 atom stereocenters. The molecule has 3 unspecified atom stereocenters. The van der Waals surface area contributed by atoms with Crippen molar-refractivity contribution in [3.8, 4) is 0 Å². The van der Waals surface area contributed by atoms with Crippen molar-refractivity contribution in [2.24, 2.45) is 11.8 Å². The maximum Gasteiger partial charge on any atom is 0.308 e. The molecular formula is C14H25NO4. The lowest BCUT2D eigenvalue weighted by Gasteiger charge is -2.23. The van der Waals surface area contributed by atoms with Crippen LogP contribution in [0.3, 0.4) is 0 Å². The number of hydrogen-bond acceptors (Lipinski definition) is 3. The van der Waals surface area contributed by atoms with E-state index < -0.39 is 11.9 Å². The number of carboxylic acid groups (broad SMARTS) is 1. The van der Waals surface area contributed by atoms with Gasteiger partial charge in [-0.25, -0.2) is 0 Å². The molecule has 1 aliphatic rings. The Morgan fingerprint density at radius 2 is 2.00 bits per heavy atom. The lowest BCUT2D eigenvalue weighted by Crippen LogP contribution is -2.43. The second kappa shape index (κ2) is 8.15. The number of hydrogen-bond donors (Lipinski definition) is 2. The predicted octanol–water partition coefficient (Wildman–Crippen LogP) is 1.81. The molecule has 0 heterocycles. The van der Waals surface area contributed by atoms with Crippen molar-refractivity contribution in [2.75, 3.05) is 13.7 Å². The highest BCUT2D eigenvalue weighted by Crippen LogP contribution is 2.24. The number of carbonyl (C=O) groups excluding carboxylic acids is 1. The minimum atomic E-state index is -0.794. The smallest absolute Gasteiger partial charge is 0.308 e. The van der Waals surface area contributed by atoms with Gasteiger partial charge in [-0.05, 0) is 18.8 Å². The highest BCUT2D eigenvalue weighted by molar-refractivity contribution is 5.78. The number of methoxy groups -OCH3 is 1. The molecule has 1 fully saturated rings. The SMILES string of the molecule is COCC(C)CC(=O)NC1CCCCCC1C(=O)O. The van der Waals surface area contributed by atoms with Crippen molar-refractivity contribution < 1.29 is 19.4 Å². The molecule has 1 aliphatic carbocycles. The summed E-state index contributed by atoms with van der Waals surface area (Å²) in [6.45, 7) is 2.49. The van der Waals surface area contributed by atoms with E-state index in [4.69, 9.17) is 4.74 Å². The van der Waals surface area contributed by atoms with E-state index in [1.807, 2.05) is 6.92 Å². The van der Waals surface area contributed by atoms with Gasteiger partial charge in [-0.1, -0.05) is 26.2 Å². The number of rotatable bonds is 6. The molecule has 5 nitrogen and oxygen atoms in total. The summed E-state index contributed by atoms with van der Waals surface area (Å²) >= 11 is 0. The Balaban J connectivity index is 2.51. The molecular weight excluding hydrogens is 246 g/mol. The fourth-order valence-corrected chi connectivity index (χ4v) is 2.70. The van der Waals surface area contributed by atoms with Gasteiger partial charge >= 0.3 is 5.97 Å². The molecule has 5 heteroatoms. The van der Waals surface area contributed by atoms with Crippen molar-refractivity contribution in [3.63, 3.8) is 0 Å². The van der Waals surface area contributed by atoms with Crippen LogP contribution in [0.5, 0.6) is 0 Å². The Kier molecular flexibility index (Phi) is 6.84. The fraction of sp³-hybridized carbons (Fsp3) is 0.857.